The van der Waals surface area contributed by atoms with Gasteiger partial charge in [-0.2, -0.15) is 0 Å². The van der Waals surface area contributed by atoms with E-state index in [0.29, 0.717) is 0 Å². The molecular formula is C12H13Cl. The van der Waals surface area contributed by atoms with Crippen molar-refractivity contribution in [1.82, 2.24) is 0 Å². The summed E-state index contributed by atoms with van der Waals surface area (Å²) in [4.78, 5) is 0. The summed E-state index contributed by atoms with van der Waals surface area (Å²) < 4.78 is 0. The van der Waals surface area contributed by atoms with Crippen LogP contribution in [0.5, 0.6) is 0 Å². The molecule has 1 aromatic rings. The van der Waals surface area contributed by atoms with Gasteiger partial charge in [-0.25, -0.2) is 0 Å². The molecule has 3 rings (SSSR count). The van der Waals surface area contributed by atoms with Crippen LogP contribution in [0.1, 0.15) is 30.7 Å². The van der Waals surface area contributed by atoms with E-state index >= 15 is 0 Å². The SMILES string of the molecule is Clc1cccc(C2CC2C2CC2)c1. The highest BCUT2D eigenvalue weighted by atomic mass is 35.5. The Labute approximate surface area is 83.9 Å². The molecule has 68 valence electrons. The predicted molar refractivity (Wildman–Crippen MR) is 55.0 cm³/mol. The molecule has 2 atom stereocenters. The first-order valence-electron chi connectivity index (χ1n) is 5.10. The molecule has 1 aromatic carbocycles. The van der Waals surface area contributed by atoms with Crippen molar-refractivity contribution in [3.05, 3.63) is 34.9 Å². The van der Waals surface area contributed by atoms with Gasteiger partial charge in [0.1, 0.15) is 0 Å². The Kier molecular flexibility index (Phi) is 1.66. The maximum Gasteiger partial charge on any atom is 0.0408 e. The van der Waals surface area contributed by atoms with Gasteiger partial charge in [-0.3, -0.25) is 0 Å². The molecule has 0 aliphatic heterocycles. The van der Waals surface area contributed by atoms with Crippen molar-refractivity contribution >= 4 is 11.6 Å². The van der Waals surface area contributed by atoms with E-state index in [1.54, 1.807) is 0 Å². The van der Waals surface area contributed by atoms with Crippen LogP contribution in [-0.4, -0.2) is 0 Å². The van der Waals surface area contributed by atoms with Gasteiger partial charge in [-0.1, -0.05) is 23.7 Å². The molecule has 0 bridgehead atoms. The molecule has 0 aromatic heterocycles. The summed E-state index contributed by atoms with van der Waals surface area (Å²) in [5.41, 5.74) is 1.46. The second-order valence-electron chi connectivity index (χ2n) is 4.40. The number of benzene rings is 1. The fraction of sp³-hybridized carbons (Fsp3) is 0.500. The molecular weight excluding hydrogens is 180 g/mol. The Balaban J connectivity index is 1.78. The molecule has 2 saturated carbocycles. The monoisotopic (exact) mass is 192 g/mol. The lowest BCUT2D eigenvalue weighted by Crippen LogP contribution is -1.84. The molecule has 13 heavy (non-hydrogen) atoms. The van der Waals surface area contributed by atoms with Crippen molar-refractivity contribution in [2.45, 2.75) is 25.2 Å². The van der Waals surface area contributed by atoms with E-state index in [0.717, 1.165) is 22.8 Å². The Morgan fingerprint density at radius 2 is 2.08 bits per heavy atom. The van der Waals surface area contributed by atoms with Crippen LogP contribution in [-0.2, 0) is 0 Å². The van der Waals surface area contributed by atoms with E-state index in [1.807, 2.05) is 6.07 Å². The van der Waals surface area contributed by atoms with Crippen LogP contribution in [0.25, 0.3) is 0 Å². The van der Waals surface area contributed by atoms with Gasteiger partial charge < -0.3 is 0 Å². The van der Waals surface area contributed by atoms with Crippen LogP contribution in [0.15, 0.2) is 24.3 Å². The minimum Gasteiger partial charge on any atom is -0.0843 e. The smallest absolute Gasteiger partial charge is 0.0408 e. The maximum atomic E-state index is 5.96. The Morgan fingerprint density at radius 1 is 1.23 bits per heavy atom. The highest BCUT2D eigenvalue weighted by molar-refractivity contribution is 6.30. The van der Waals surface area contributed by atoms with E-state index in [4.69, 9.17) is 11.6 Å². The number of hydrogen-bond acceptors (Lipinski definition) is 0. The van der Waals surface area contributed by atoms with Crippen molar-refractivity contribution in [2.75, 3.05) is 0 Å². The number of halogens is 1. The zero-order valence-electron chi connectivity index (χ0n) is 7.54. The lowest BCUT2D eigenvalue weighted by molar-refractivity contribution is 0.690. The van der Waals surface area contributed by atoms with Crippen LogP contribution in [0, 0.1) is 11.8 Å². The quantitative estimate of drug-likeness (QED) is 0.668. The summed E-state index contributed by atoms with van der Waals surface area (Å²) in [6, 6.07) is 8.38. The van der Waals surface area contributed by atoms with Gasteiger partial charge in [0.25, 0.3) is 0 Å². The zero-order chi connectivity index (χ0) is 8.84. The molecule has 0 radical (unpaired) electrons. The highest BCUT2D eigenvalue weighted by Gasteiger charge is 2.47. The van der Waals surface area contributed by atoms with Crippen molar-refractivity contribution in [3.63, 3.8) is 0 Å². The van der Waals surface area contributed by atoms with Gasteiger partial charge in [0, 0.05) is 5.02 Å². The van der Waals surface area contributed by atoms with Crippen molar-refractivity contribution < 1.29 is 0 Å². The van der Waals surface area contributed by atoms with E-state index in [2.05, 4.69) is 18.2 Å². The number of hydrogen-bond donors (Lipinski definition) is 0. The van der Waals surface area contributed by atoms with Gasteiger partial charge in [0.05, 0.1) is 0 Å². The average Bonchev–Trinajstić information content (AvgIpc) is 2.99. The number of rotatable bonds is 2. The van der Waals surface area contributed by atoms with Crippen molar-refractivity contribution in [2.24, 2.45) is 11.8 Å². The molecule has 2 fully saturated rings. The first-order chi connectivity index (χ1) is 6.34. The molecule has 0 amide bonds. The van der Waals surface area contributed by atoms with Crippen molar-refractivity contribution in [1.29, 1.82) is 0 Å². The summed E-state index contributed by atoms with van der Waals surface area (Å²) in [5.74, 6) is 2.90. The van der Waals surface area contributed by atoms with Crippen LogP contribution >= 0.6 is 11.6 Å². The van der Waals surface area contributed by atoms with E-state index in [-0.39, 0.29) is 0 Å². The summed E-state index contributed by atoms with van der Waals surface area (Å²) in [6.07, 6.45) is 4.36. The third-order valence-electron chi connectivity index (χ3n) is 3.34. The second-order valence-corrected chi connectivity index (χ2v) is 4.83. The van der Waals surface area contributed by atoms with Crippen molar-refractivity contribution in [3.8, 4) is 0 Å². The van der Waals surface area contributed by atoms with E-state index in [9.17, 15) is 0 Å². The lowest BCUT2D eigenvalue weighted by Gasteiger charge is -1.99. The molecule has 0 nitrogen and oxygen atoms in total. The second kappa shape index (κ2) is 2.75. The minimum absolute atomic E-state index is 0.839. The van der Waals surface area contributed by atoms with Crippen LogP contribution in [0.2, 0.25) is 5.02 Å². The standard InChI is InChI=1S/C12H13Cl/c13-10-3-1-2-9(6-10)12-7-11(12)8-4-5-8/h1-3,6,8,11-12H,4-5,7H2. The Bertz CT molecular complexity index is 328. The van der Waals surface area contributed by atoms with Gasteiger partial charge in [0.15, 0.2) is 0 Å². The molecule has 0 saturated heterocycles. The lowest BCUT2D eigenvalue weighted by atomic mass is 10.1. The normalized spacial score (nSPS) is 31.8. The molecule has 1 heteroatoms. The fourth-order valence-corrected chi connectivity index (χ4v) is 2.58. The highest BCUT2D eigenvalue weighted by Crippen LogP contribution is 2.59. The summed E-state index contributed by atoms with van der Waals surface area (Å²) >= 11 is 5.96. The van der Waals surface area contributed by atoms with Gasteiger partial charge in [0.2, 0.25) is 0 Å². The predicted octanol–water partition coefficient (Wildman–Crippen LogP) is 3.85. The molecule has 2 aliphatic carbocycles. The summed E-state index contributed by atoms with van der Waals surface area (Å²) in [7, 11) is 0. The molecule has 0 heterocycles. The van der Waals surface area contributed by atoms with Gasteiger partial charge >= 0.3 is 0 Å². The Hall–Kier alpha value is -0.490. The van der Waals surface area contributed by atoms with Crippen LogP contribution < -0.4 is 0 Å². The van der Waals surface area contributed by atoms with E-state index < -0.39 is 0 Å². The largest absolute Gasteiger partial charge is 0.0843 e. The van der Waals surface area contributed by atoms with Crippen LogP contribution in [0.3, 0.4) is 0 Å². The molecule has 2 unspecified atom stereocenters. The van der Waals surface area contributed by atoms with Crippen LogP contribution in [0.4, 0.5) is 0 Å². The average molecular weight is 193 g/mol. The third kappa shape index (κ3) is 1.48. The fourth-order valence-electron chi connectivity index (χ4n) is 2.38. The molecule has 0 spiro atoms. The third-order valence-corrected chi connectivity index (χ3v) is 3.58. The first kappa shape index (κ1) is 7.87. The Morgan fingerprint density at radius 3 is 2.77 bits per heavy atom. The summed E-state index contributed by atoms with van der Waals surface area (Å²) in [5, 5.41) is 0.888. The van der Waals surface area contributed by atoms with Gasteiger partial charge in [-0.15, -0.1) is 0 Å². The molecule has 0 N–H and O–H groups in total. The first-order valence-corrected chi connectivity index (χ1v) is 5.48. The minimum atomic E-state index is 0.839. The molecule has 2 aliphatic rings. The van der Waals surface area contributed by atoms with E-state index in [1.165, 1.54) is 24.8 Å². The summed E-state index contributed by atoms with van der Waals surface area (Å²) in [6.45, 7) is 0. The zero-order valence-corrected chi connectivity index (χ0v) is 8.30. The maximum absolute atomic E-state index is 5.96. The topological polar surface area (TPSA) is 0 Å². The van der Waals surface area contributed by atoms with Gasteiger partial charge in [-0.05, 0) is 54.7 Å².